The van der Waals surface area contributed by atoms with Crippen LogP contribution < -0.4 is 0 Å². The molecule has 0 radical (unpaired) electrons. The third kappa shape index (κ3) is 3.08. The number of likely N-dealkylation sites (N-methyl/N-ethyl adjacent to an activating group) is 1. The van der Waals surface area contributed by atoms with Crippen LogP contribution in [0.4, 0.5) is 4.39 Å². The quantitative estimate of drug-likeness (QED) is 0.712. The molecule has 0 spiro atoms. The maximum atomic E-state index is 14.4. The summed E-state index contributed by atoms with van der Waals surface area (Å²) < 4.78 is 16.1. The van der Waals surface area contributed by atoms with E-state index < -0.39 is 0 Å². The molecule has 0 bridgehead atoms. The van der Waals surface area contributed by atoms with Gasteiger partial charge in [0.25, 0.3) is 5.91 Å². The number of nitrogens with zero attached hydrogens (tertiary/aromatic N) is 4. The van der Waals surface area contributed by atoms with E-state index in [0.717, 1.165) is 43.0 Å². The van der Waals surface area contributed by atoms with Crippen molar-refractivity contribution in [1.82, 2.24) is 19.2 Å². The van der Waals surface area contributed by atoms with Crippen molar-refractivity contribution in [3.05, 3.63) is 59.8 Å². The lowest BCUT2D eigenvalue weighted by Crippen LogP contribution is -2.47. The topological polar surface area (TPSA) is 40.9 Å². The van der Waals surface area contributed by atoms with Gasteiger partial charge in [-0.3, -0.25) is 4.79 Å². The van der Waals surface area contributed by atoms with Gasteiger partial charge in [-0.05, 0) is 37.7 Å². The molecule has 0 N–H and O–H groups in total. The van der Waals surface area contributed by atoms with E-state index in [1.165, 1.54) is 6.07 Å². The molecule has 3 heterocycles. The lowest BCUT2D eigenvalue weighted by Gasteiger charge is -2.32. The third-order valence-electron chi connectivity index (χ3n) is 4.86. The highest BCUT2D eigenvalue weighted by molar-refractivity contribution is 5.95. The smallest absolute Gasteiger partial charge is 0.253 e. The number of carbonyl (C=O) groups is 1. The molecule has 1 aliphatic rings. The van der Waals surface area contributed by atoms with Gasteiger partial charge in [-0.2, -0.15) is 0 Å². The second-order valence-electron chi connectivity index (χ2n) is 6.87. The van der Waals surface area contributed by atoms with Crippen molar-refractivity contribution >= 4 is 11.6 Å². The van der Waals surface area contributed by atoms with Gasteiger partial charge in [0, 0.05) is 49.7 Å². The largest absolute Gasteiger partial charge is 0.336 e. The minimum atomic E-state index is -0.369. The fraction of sp³-hybridized carbons (Fsp3) is 0.300. The molecule has 1 aromatic carbocycles. The lowest BCUT2D eigenvalue weighted by atomic mass is 10.0. The normalized spacial score (nSPS) is 15.6. The third-order valence-corrected chi connectivity index (χ3v) is 4.86. The Kier molecular flexibility index (Phi) is 4.20. The van der Waals surface area contributed by atoms with Crippen LogP contribution in [0.3, 0.4) is 0 Å². The number of carbonyl (C=O) groups excluding carboxylic acids is 1. The molecule has 0 unspecified atom stereocenters. The van der Waals surface area contributed by atoms with Crippen molar-refractivity contribution in [1.29, 1.82) is 0 Å². The lowest BCUT2D eigenvalue weighted by molar-refractivity contribution is 0.0664. The zero-order valence-corrected chi connectivity index (χ0v) is 14.9. The van der Waals surface area contributed by atoms with Crippen molar-refractivity contribution < 1.29 is 9.18 Å². The van der Waals surface area contributed by atoms with Crippen LogP contribution in [0.5, 0.6) is 0 Å². The van der Waals surface area contributed by atoms with Gasteiger partial charge in [0.05, 0.1) is 5.69 Å². The van der Waals surface area contributed by atoms with Gasteiger partial charge in [-0.15, -0.1) is 0 Å². The van der Waals surface area contributed by atoms with Gasteiger partial charge in [0.1, 0.15) is 0 Å². The molecule has 6 heteroatoms. The van der Waals surface area contributed by atoms with Gasteiger partial charge >= 0.3 is 0 Å². The number of hydrogen-bond acceptors (Lipinski definition) is 3. The molecule has 1 saturated heterocycles. The van der Waals surface area contributed by atoms with Gasteiger partial charge in [-0.1, -0.05) is 12.1 Å². The number of fused-ring (bicyclic) bond motifs is 1. The first-order valence-electron chi connectivity index (χ1n) is 8.74. The van der Waals surface area contributed by atoms with E-state index in [1.807, 2.05) is 42.3 Å². The summed E-state index contributed by atoms with van der Waals surface area (Å²) in [4.78, 5) is 21.1. The fourth-order valence-corrected chi connectivity index (χ4v) is 3.36. The number of benzene rings is 1. The van der Waals surface area contributed by atoms with Crippen molar-refractivity contribution in [2.75, 3.05) is 33.2 Å². The van der Waals surface area contributed by atoms with Crippen LogP contribution in [-0.4, -0.2) is 58.3 Å². The Labute approximate surface area is 151 Å². The van der Waals surface area contributed by atoms with E-state index in [2.05, 4.69) is 16.9 Å². The maximum Gasteiger partial charge on any atom is 0.253 e. The van der Waals surface area contributed by atoms with E-state index in [4.69, 9.17) is 0 Å². The molecule has 26 heavy (non-hydrogen) atoms. The Bertz CT molecular complexity index is 973. The first-order chi connectivity index (χ1) is 12.5. The summed E-state index contributed by atoms with van der Waals surface area (Å²) in [5.41, 5.74) is 3.25. The number of hydrogen-bond donors (Lipinski definition) is 0. The Hall–Kier alpha value is -2.73. The fourth-order valence-electron chi connectivity index (χ4n) is 3.36. The monoisotopic (exact) mass is 352 g/mol. The number of amides is 1. The van der Waals surface area contributed by atoms with Crippen LogP contribution in [0.25, 0.3) is 16.8 Å². The molecule has 1 amide bonds. The van der Waals surface area contributed by atoms with Gasteiger partial charge in [0.2, 0.25) is 0 Å². The maximum absolute atomic E-state index is 14.4. The Morgan fingerprint density at radius 3 is 2.62 bits per heavy atom. The summed E-state index contributed by atoms with van der Waals surface area (Å²) >= 11 is 0. The van der Waals surface area contributed by atoms with Gasteiger partial charge < -0.3 is 14.2 Å². The summed E-state index contributed by atoms with van der Waals surface area (Å²) in [6.07, 6.45) is 3.64. The predicted octanol–water partition coefficient (Wildman–Crippen LogP) is 2.84. The average molecular weight is 352 g/mol. The SMILES string of the molecule is Cc1cn2cc(-c3cccc(C(=O)N4CCN(C)CC4)c3)cc(F)c2n1. The van der Waals surface area contributed by atoms with Crippen LogP contribution >= 0.6 is 0 Å². The number of imidazole rings is 1. The number of halogens is 1. The molecule has 2 aromatic heterocycles. The Morgan fingerprint density at radius 1 is 1.08 bits per heavy atom. The molecule has 5 nitrogen and oxygen atoms in total. The highest BCUT2D eigenvalue weighted by Crippen LogP contribution is 2.24. The van der Waals surface area contributed by atoms with Crippen LogP contribution in [0.15, 0.2) is 42.7 Å². The standard InChI is InChI=1S/C20H21FN4O/c1-14-12-25-13-17(11-18(21)19(25)22-14)15-4-3-5-16(10-15)20(26)24-8-6-23(2)7-9-24/h3-5,10-13H,6-9H2,1-2H3. The summed E-state index contributed by atoms with van der Waals surface area (Å²) in [7, 11) is 2.06. The molecule has 4 rings (SSSR count). The van der Waals surface area contributed by atoms with Crippen molar-refractivity contribution in [3.8, 4) is 11.1 Å². The molecular weight excluding hydrogens is 331 g/mol. The number of pyridine rings is 1. The van der Waals surface area contributed by atoms with E-state index in [-0.39, 0.29) is 11.7 Å². The number of piperazine rings is 1. The Morgan fingerprint density at radius 2 is 1.85 bits per heavy atom. The minimum absolute atomic E-state index is 0.0278. The van der Waals surface area contributed by atoms with E-state index >= 15 is 0 Å². The van der Waals surface area contributed by atoms with Gasteiger partial charge in [-0.25, -0.2) is 9.37 Å². The zero-order valence-electron chi connectivity index (χ0n) is 14.9. The number of aryl methyl sites for hydroxylation is 1. The second kappa shape index (κ2) is 6.53. The zero-order chi connectivity index (χ0) is 18.3. The highest BCUT2D eigenvalue weighted by atomic mass is 19.1. The summed E-state index contributed by atoms with van der Waals surface area (Å²) in [5, 5.41) is 0. The van der Waals surface area contributed by atoms with E-state index in [9.17, 15) is 9.18 Å². The van der Waals surface area contributed by atoms with Crippen LogP contribution in [-0.2, 0) is 0 Å². The summed E-state index contributed by atoms with van der Waals surface area (Å²) in [5.74, 6) is -0.341. The van der Waals surface area contributed by atoms with Crippen LogP contribution in [0.1, 0.15) is 16.1 Å². The summed E-state index contributed by atoms with van der Waals surface area (Å²) in [6, 6.07) is 8.87. The van der Waals surface area contributed by atoms with Crippen LogP contribution in [0, 0.1) is 12.7 Å². The number of aromatic nitrogens is 2. The van der Waals surface area contributed by atoms with E-state index in [1.54, 1.807) is 10.6 Å². The molecule has 0 atom stereocenters. The number of rotatable bonds is 2. The average Bonchev–Trinajstić information content (AvgIpc) is 3.03. The molecule has 0 saturated carbocycles. The molecule has 3 aromatic rings. The molecule has 1 aliphatic heterocycles. The Balaban J connectivity index is 1.66. The minimum Gasteiger partial charge on any atom is -0.336 e. The first kappa shape index (κ1) is 16.7. The van der Waals surface area contributed by atoms with Crippen molar-refractivity contribution in [3.63, 3.8) is 0 Å². The first-order valence-corrected chi connectivity index (χ1v) is 8.74. The van der Waals surface area contributed by atoms with Gasteiger partial charge in [0.15, 0.2) is 11.5 Å². The molecule has 0 aliphatic carbocycles. The molecular formula is C20H21FN4O. The van der Waals surface area contributed by atoms with Crippen molar-refractivity contribution in [2.45, 2.75) is 6.92 Å². The second-order valence-corrected chi connectivity index (χ2v) is 6.87. The molecule has 134 valence electrons. The van der Waals surface area contributed by atoms with E-state index in [0.29, 0.717) is 11.2 Å². The van der Waals surface area contributed by atoms with Crippen molar-refractivity contribution in [2.24, 2.45) is 0 Å². The summed E-state index contributed by atoms with van der Waals surface area (Å²) in [6.45, 7) is 5.06. The predicted molar refractivity (Wildman–Crippen MR) is 98.7 cm³/mol. The highest BCUT2D eigenvalue weighted by Gasteiger charge is 2.20. The molecule has 1 fully saturated rings. The van der Waals surface area contributed by atoms with Crippen LogP contribution in [0.2, 0.25) is 0 Å².